The number of hydrogen-bond donors (Lipinski definition) is 0. The molecule has 11 nitrogen and oxygen atoms in total. The van der Waals surface area contributed by atoms with Crippen LogP contribution in [-0.4, -0.2) is 58.9 Å². The molecule has 0 N–H and O–H groups in total. The molecule has 5 aromatic carbocycles. The number of fused-ring (bicyclic) bond motifs is 6. The number of carbonyl (C=O) groups is 1. The van der Waals surface area contributed by atoms with Gasteiger partial charge in [-0.25, -0.2) is 0 Å². The molecule has 0 bridgehead atoms. The molecular formula is C44H35N9O2. The van der Waals surface area contributed by atoms with Gasteiger partial charge in [-0.15, -0.1) is 20.4 Å². The largest absolute Gasteiger partial charge is 0.496 e. The molecule has 9 rings (SSSR count). The predicted molar refractivity (Wildman–Crippen MR) is 211 cm³/mol. The van der Waals surface area contributed by atoms with Gasteiger partial charge in [0, 0.05) is 33.9 Å². The second-order valence-electron chi connectivity index (χ2n) is 13.2. The number of para-hydroxylation sites is 3. The maximum absolute atomic E-state index is 15.3. The first-order chi connectivity index (χ1) is 27.0. The number of aliphatic imine (C=N–C) groups is 2. The van der Waals surface area contributed by atoms with Gasteiger partial charge in [0.25, 0.3) is 5.91 Å². The Morgan fingerprint density at radius 1 is 0.600 bits per heavy atom. The first-order valence-electron chi connectivity index (χ1n) is 17.9. The van der Waals surface area contributed by atoms with Gasteiger partial charge < -0.3 is 4.74 Å². The summed E-state index contributed by atoms with van der Waals surface area (Å²) in [6.07, 6.45) is 1.22. The summed E-state index contributed by atoms with van der Waals surface area (Å²) < 4.78 is 9.60. The van der Waals surface area contributed by atoms with Crippen molar-refractivity contribution >= 4 is 23.4 Å². The molecule has 0 radical (unpaired) electrons. The van der Waals surface area contributed by atoms with E-state index in [9.17, 15) is 0 Å². The Hall–Kier alpha value is -7.27. The smallest absolute Gasteiger partial charge is 0.250 e. The second-order valence-corrected chi connectivity index (χ2v) is 13.2. The highest BCUT2D eigenvalue weighted by Crippen LogP contribution is 2.40. The first kappa shape index (κ1) is 33.6. The third kappa shape index (κ3) is 5.82. The highest BCUT2D eigenvalue weighted by molar-refractivity contribution is 6.16. The van der Waals surface area contributed by atoms with Crippen molar-refractivity contribution in [3.63, 3.8) is 0 Å². The minimum atomic E-state index is -1.03. The number of aryl methyl sites for hydroxylation is 2. The van der Waals surface area contributed by atoms with Gasteiger partial charge in [0.2, 0.25) is 0 Å². The zero-order valence-electron chi connectivity index (χ0n) is 30.4. The van der Waals surface area contributed by atoms with Crippen LogP contribution >= 0.6 is 0 Å². The second kappa shape index (κ2) is 13.9. The molecule has 2 aromatic heterocycles. The maximum Gasteiger partial charge on any atom is 0.250 e. The normalized spacial score (nSPS) is 15.8. The van der Waals surface area contributed by atoms with Crippen molar-refractivity contribution in [1.29, 1.82) is 0 Å². The van der Waals surface area contributed by atoms with Gasteiger partial charge >= 0.3 is 0 Å². The Labute approximate surface area is 317 Å². The Bertz CT molecular complexity index is 2510. The minimum absolute atomic E-state index is 0.385. The topological polar surface area (TPSA) is 116 Å². The predicted octanol–water partition coefficient (Wildman–Crippen LogP) is 7.41. The van der Waals surface area contributed by atoms with E-state index in [1.54, 1.807) is 18.1 Å². The Kier molecular flexibility index (Phi) is 8.51. The number of benzene rings is 5. The molecule has 1 amide bonds. The summed E-state index contributed by atoms with van der Waals surface area (Å²) in [7, 11) is 1.61. The number of ether oxygens (including phenoxy) is 1. The molecule has 0 aliphatic carbocycles. The molecule has 268 valence electrons. The van der Waals surface area contributed by atoms with Crippen LogP contribution in [0.15, 0.2) is 150 Å². The molecule has 55 heavy (non-hydrogen) atoms. The van der Waals surface area contributed by atoms with Gasteiger partial charge in [-0.3, -0.25) is 28.8 Å². The molecular weight excluding hydrogens is 687 g/mol. The van der Waals surface area contributed by atoms with Crippen molar-refractivity contribution in [3.8, 4) is 17.1 Å². The summed E-state index contributed by atoms with van der Waals surface area (Å²) in [6, 6.07) is 43.6. The highest BCUT2D eigenvalue weighted by Gasteiger charge is 2.42. The lowest BCUT2D eigenvalue weighted by atomic mass is 10.0. The van der Waals surface area contributed by atoms with Gasteiger partial charge in [-0.2, -0.15) is 0 Å². The van der Waals surface area contributed by atoms with E-state index in [0.29, 0.717) is 40.5 Å². The Balaban J connectivity index is 1.35. The fraction of sp³-hybridized carbons (Fsp3) is 0.114. The van der Waals surface area contributed by atoms with Gasteiger partial charge in [-0.05, 0) is 38.1 Å². The average molecular weight is 722 g/mol. The van der Waals surface area contributed by atoms with Gasteiger partial charge in [-0.1, -0.05) is 115 Å². The molecule has 0 saturated carbocycles. The minimum Gasteiger partial charge on any atom is -0.496 e. The van der Waals surface area contributed by atoms with Crippen LogP contribution in [-0.2, 0) is 4.79 Å². The van der Waals surface area contributed by atoms with E-state index >= 15 is 4.79 Å². The Morgan fingerprint density at radius 3 is 1.56 bits per heavy atom. The SMILES string of the molecule is COc1ccccc1C=CC(=O)N(C1N=C(c2ccccc2)c2ccccc2-n2c(C)nnc21)C1N=C(c2ccccc2)c2ccccc2-n2c(C)nnc21. The van der Waals surface area contributed by atoms with E-state index in [2.05, 4.69) is 10.2 Å². The fourth-order valence-electron chi connectivity index (χ4n) is 7.38. The molecule has 2 unspecified atom stereocenters. The third-order valence-corrected chi connectivity index (χ3v) is 9.88. The van der Waals surface area contributed by atoms with Crippen molar-refractivity contribution in [2.24, 2.45) is 9.98 Å². The number of nitrogens with zero attached hydrogens (tertiary/aromatic N) is 9. The lowest BCUT2D eigenvalue weighted by molar-refractivity contribution is -0.131. The summed E-state index contributed by atoms with van der Waals surface area (Å²) >= 11 is 0. The van der Waals surface area contributed by atoms with Crippen LogP contribution in [0.4, 0.5) is 0 Å². The molecule has 0 spiro atoms. The summed E-state index contributed by atoms with van der Waals surface area (Å²) in [5.41, 5.74) is 7.34. The van der Waals surface area contributed by atoms with E-state index in [1.165, 1.54) is 6.08 Å². The van der Waals surface area contributed by atoms with Gasteiger partial charge in [0.1, 0.15) is 17.4 Å². The summed E-state index contributed by atoms with van der Waals surface area (Å²) in [5, 5.41) is 18.6. The van der Waals surface area contributed by atoms with Crippen molar-refractivity contribution in [3.05, 3.63) is 191 Å². The lowest BCUT2D eigenvalue weighted by Crippen LogP contribution is -2.38. The molecule has 2 aliphatic rings. The van der Waals surface area contributed by atoms with Crippen LogP contribution in [0.2, 0.25) is 0 Å². The van der Waals surface area contributed by atoms with E-state index in [4.69, 9.17) is 24.9 Å². The van der Waals surface area contributed by atoms with Crippen LogP contribution in [0.1, 0.15) is 63.4 Å². The van der Waals surface area contributed by atoms with Crippen molar-refractivity contribution in [2.45, 2.75) is 26.2 Å². The molecule has 11 heteroatoms. The lowest BCUT2D eigenvalue weighted by Gasteiger charge is -2.32. The molecule has 2 atom stereocenters. The number of methoxy groups -OCH3 is 1. The van der Waals surface area contributed by atoms with Crippen molar-refractivity contribution in [1.82, 2.24) is 34.4 Å². The summed E-state index contributed by atoms with van der Waals surface area (Å²) in [6.45, 7) is 3.80. The maximum atomic E-state index is 15.3. The number of amides is 1. The summed E-state index contributed by atoms with van der Waals surface area (Å²) in [5.74, 6) is 2.45. The molecule has 7 aromatic rings. The highest BCUT2D eigenvalue weighted by atomic mass is 16.5. The van der Waals surface area contributed by atoms with Crippen LogP contribution in [0.5, 0.6) is 5.75 Å². The Morgan fingerprint density at radius 2 is 1.05 bits per heavy atom. The van der Waals surface area contributed by atoms with Crippen LogP contribution in [0.3, 0.4) is 0 Å². The van der Waals surface area contributed by atoms with E-state index in [1.807, 2.05) is 156 Å². The fourth-order valence-corrected chi connectivity index (χ4v) is 7.38. The number of carbonyl (C=O) groups excluding carboxylic acids is 1. The van der Waals surface area contributed by atoms with Crippen molar-refractivity contribution < 1.29 is 9.53 Å². The molecule has 4 heterocycles. The van der Waals surface area contributed by atoms with E-state index in [-0.39, 0.29) is 5.91 Å². The number of rotatable bonds is 7. The summed E-state index contributed by atoms with van der Waals surface area (Å²) in [4.78, 5) is 28.0. The molecule has 0 fully saturated rings. The average Bonchev–Trinajstić information content (AvgIpc) is 3.72. The number of hydrogen-bond acceptors (Lipinski definition) is 8. The zero-order valence-corrected chi connectivity index (χ0v) is 30.4. The van der Waals surface area contributed by atoms with Crippen LogP contribution < -0.4 is 4.74 Å². The van der Waals surface area contributed by atoms with Crippen molar-refractivity contribution in [2.75, 3.05) is 7.11 Å². The standard InChI is InChI=1S/C44H35N9O2/c1-28-47-49-43-41(45-39(31-17-6-4-7-18-31)33-21-11-13-23-35(33)51(28)43)53(38(54)27-26-30-16-10-15-25-37(30)55-3)42-44-50-48-29(2)52(44)36-24-14-12-22-34(36)40(46-42)32-19-8-5-9-20-32/h4-27,41-42H,1-3H3. The van der Waals surface area contributed by atoms with E-state index < -0.39 is 12.3 Å². The monoisotopic (exact) mass is 721 g/mol. The first-order valence-corrected chi connectivity index (χ1v) is 17.9. The van der Waals surface area contributed by atoms with Crippen LogP contribution in [0, 0.1) is 13.8 Å². The van der Waals surface area contributed by atoms with Crippen LogP contribution in [0.25, 0.3) is 17.5 Å². The molecule has 0 saturated heterocycles. The van der Waals surface area contributed by atoms with E-state index in [0.717, 1.165) is 39.2 Å². The quantitative estimate of drug-likeness (QED) is 0.158. The number of aromatic nitrogens is 6. The zero-order chi connectivity index (χ0) is 37.5. The van der Waals surface area contributed by atoms with Gasteiger partial charge in [0.15, 0.2) is 24.0 Å². The third-order valence-electron chi connectivity index (χ3n) is 9.88. The molecule has 2 aliphatic heterocycles. The van der Waals surface area contributed by atoms with Gasteiger partial charge in [0.05, 0.1) is 29.9 Å².